The highest BCUT2D eigenvalue weighted by Crippen LogP contribution is 2.14. The van der Waals surface area contributed by atoms with Gasteiger partial charge in [0.2, 0.25) is 0 Å². The van der Waals surface area contributed by atoms with E-state index in [0.717, 1.165) is 19.5 Å². The summed E-state index contributed by atoms with van der Waals surface area (Å²) in [6.45, 7) is 6.12. The Balaban J connectivity index is 1.81. The lowest BCUT2D eigenvalue weighted by molar-refractivity contribution is 0.358. The molecule has 0 bridgehead atoms. The zero-order valence-electron chi connectivity index (χ0n) is 16.3. The monoisotopic (exact) mass is 335 g/mol. The minimum absolute atomic E-state index is 0.120. The summed E-state index contributed by atoms with van der Waals surface area (Å²) in [5, 5.41) is 0. The molecule has 0 aromatic heterocycles. The number of unbranched alkanes of at least 4 members (excludes halogenated alkanes) is 11. The third-order valence-corrected chi connectivity index (χ3v) is 4.97. The molecule has 0 saturated carbocycles. The second kappa shape index (κ2) is 14.5. The van der Waals surface area contributed by atoms with E-state index in [1.54, 1.807) is 0 Å². The molecule has 2 N–H and O–H groups in total. The first-order valence-corrected chi connectivity index (χ1v) is 10.4. The van der Waals surface area contributed by atoms with E-state index in [0.29, 0.717) is 0 Å². The number of aliphatic imine (C=N–C) groups is 1. The van der Waals surface area contributed by atoms with E-state index < -0.39 is 0 Å². The first-order chi connectivity index (χ1) is 11.8. The fraction of sp³-hybridized carbons (Fsp3) is 0.857. The van der Waals surface area contributed by atoms with Gasteiger partial charge in [0.15, 0.2) is 0 Å². The maximum atomic E-state index is 5.98. The number of nitrogens with two attached hydrogens (primary N) is 1. The largest absolute Gasteiger partial charge is 0.343 e. The van der Waals surface area contributed by atoms with Crippen LogP contribution in [-0.4, -0.2) is 30.0 Å². The van der Waals surface area contributed by atoms with E-state index in [2.05, 4.69) is 35.9 Å². The van der Waals surface area contributed by atoms with Crippen molar-refractivity contribution in [3.63, 3.8) is 0 Å². The Bertz CT molecular complexity index is 347. The van der Waals surface area contributed by atoms with Crippen LogP contribution in [0, 0.1) is 0 Å². The summed E-state index contributed by atoms with van der Waals surface area (Å²) in [4.78, 5) is 6.86. The normalized spacial score (nSPS) is 16.1. The van der Waals surface area contributed by atoms with Crippen molar-refractivity contribution in [2.75, 3.05) is 13.1 Å². The van der Waals surface area contributed by atoms with Crippen molar-refractivity contribution in [1.29, 1.82) is 0 Å². The minimum atomic E-state index is 0.120. The van der Waals surface area contributed by atoms with Crippen LogP contribution in [0.4, 0.5) is 0 Å². The molecule has 1 rings (SSSR count). The molecule has 0 aliphatic carbocycles. The lowest BCUT2D eigenvalue weighted by Crippen LogP contribution is -2.41. The second-order valence-electron chi connectivity index (χ2n) is 7.23. The molecule has 3 nitrogen and oxygen atoms in total. The Morgan fingerprint density at radius 3 is 2.04 bits per heavy atom. The van der Waals surface area contributed by atoms with E-state index in [4.69, 9.17) is 5.73 Å². The van der Waals surface area contributed by atoms with E-state index in [1.807, 2.05) is 0 Å². The minimum Gasteiger partial charge on any atom is -0.343 e. The molecule has 0 aromatic rings. The van der Waals surface area contributed by atoms with Gasteiger partial charge in [0, 0.05) is 13.0 Å². The van der Waals surface area contributed by atoms with Crippen LogP contribution in [0.1, 0.15) is 97.3 Å². The summed E-state index contributed by atoms with van der Waals surface area (Å²) in [5.41, 5.74) is 5.98. The van der Waals surface area contributed by atoms with E-state index in [-0.39, 0.29) is 6.17 Å². The average Bonchev–Trinajstić information content (AvgIpc) is 3.04. The molecule has 0 amide bonds. The maximum absolute atomic E-state index is 5.98. The Morgan fingerprint density at radius 2 is 1.50 bits per heavy atom. The summed E-state index contributed by atoms with van der Waals surface area (Å²) in [7, 11) is 0. The molecule has 1 heterocycles. The average molecular weight is 336 g/mol. The van der Waals surface area contributed by atoms with Gasteiger partial charge in [-0.15, -0.1) is 0 Å². The first kappa shape index (κ1) is 21.2. The molecule has 0 aromatic carbocycles. The number of amidine groups is 1. The molecule has 24 heavy (non-hydrogen) atoms. The number of hydrogen-bond acceptors (Lipinski definition) is 3. The Labute approximate surface area is 150 Å². The topological polar surface area (TPSA) is 41.6 Å². The molecular formula is C21H41N3. The van der Waals surface area contributed by atoms with Crippen LogP contribution in [0.2, 0.25) is 0 Å². The van der Waals surface area contributed by atoms with E-state index in [1.165, 1.54) is 82.9 Å². The van der Waals surface area contributed by atoms with Crippen LogP contribution in [0.25, 0.3) is 0 Å². The van der Waals surface area contributed by atoms with Crippen molar-refractivity contribution in [3.05, 3.63) is 12.2 Å². The van der Waals surface area contributed by atoms with Crippen molar-refractivity contribution >= 4 is 5.84 Å². The number of rotatable bonds is 15. The Kier molecular flexibility index (Phi) is 12.8. The smallest absolute Gasteiger partial charge is 0.100 e. The van der Waals surface area contributed by atoms with Crippen LogP contribution in [0.3, 0.4) is 0 Å². The fourth-order valence-electron chi connectivity index (χ4n) is 3.47. The van der Waals surface area contributed by atoms with Gasteiger partial charge in [-0.1, -0.05) is 69.9 Å². The number of allylic oxidation sites excluding steroid dienone is 2. The van der Waals surface area contributed by atoms with Gasteiger partial charge in [0.05, 0.1) is 12.7 Å². The summed E-state index contributed by atoms with van der Waals surface area (Å²) in [5.74, 6) is 1.25. The van der Waals surface area contributed by atoms with Gasteiger partial charge < -0.3 is 10.6 Å². The molecular weight excluding hydrogens is 294 g/mol. The predicted molar refractivity (Wildman–Crippen MR) is 107 cm³/mol. The Morgan fingerprint density at radius 1 is 0.958 bits per heavy atom. The van der Waals surface area contributed by atoms with Crippen molar-refractivity contribution in [3.8, 4) is 0 Å². The summed E-state index contributed by atoms with van der Waals surface area (Å²) in [6.07, 6.45) is 22.3. The van der Waals surface area contributed by atoms with Gasteiger partial charge >= 0.3 is 0 Å². The maximum Gasteiger partial charge on any atom is 0.100 e. The first-order valence-electron chi connectivity index (χ1n) is 10.4. The lowest BCUT2D eigenvalue weighted by atomic mass is 10.0. The molecule has 3 heteroatoms. The third kappa shape index (κ3) is 10.1. The number of hydrogen-bond donors (Lipinski definition) is 1. The van der Waals surface area contributed by atoms with Crippen LogP contribution in [0.15, 0.2) is 17.1 Å². The van der Waals surface area contributed by atoms with Crippen LogP contribution in [0.5, 0.6) is 0 Å². The highest BCUT2D eigenvalue weighted by molar-refractivity contribution is 5.83. The highest BCUT2D eigenvalue weighted by Gasteiger charge is 2.18. The summed E-state index contributed by atoms with van der Waals surface area (Å²) in [6, 6.07) is 0. The molecule has 1 aliphatic rings. The fourth-order valence-corrected chi connectivity index (χ4v) is 3.47. The van der Waals surface area contributed by atoms with Gasteiger partial charge in [0.25, 0.3) is 0 Å². The van der Waals surface area contributed by atoms with E-state index >= 15 is 0 Å². The molecule has 0 fully saturated rings. The van der Waals surface area contributed by atoms with Gasteiger partial charge in [0.1, 0.15) is 5.84 Å². The number of nitrogens with zero attached hydrogens (tertiary/aromatic N) is 2. The molecule has 1 atom stereocenters. The van der Waals surface area contributed by atoms with Crippen molar-refractivity contribution in [2.24, 2.45) is 10.7 Å². The molecule has 140 valence electrons. The van der Waals surface area contributed by atoms with Gasteiger partial charge in [-0.25, -0.2) is 0 Å². The van der Waals surface area contributed by atoms with Crippen LogP contribution < -0.4 is 5.73 Å². The van der Waals surface area contributed by atoms with Gasteiger partial charge in [-0.2, -0.15) is 0 Å². The van der Waals surface area contributed by atoms with Crippen LogP contribution in [-0.2, 0) is 0 Å². The molecule has 1 unspecified atom stereocenters. The zero-order valence-corrected chi connectivity index (χ0v) is 16.3. The summed E-state index contributed by atoms with van der Waals surface area (Å²) >= 11 is 0. The SMILES string of the molecule is C/C=C/CCCCCCCCCCCCCC1=NCCN1C(C)N. The Hall–Kier alpha value is -0.830. The van der Waals surface area contributed by atoms with E-state index in [9.17, 15) is 0 Å². The molecule has 0 radical (unpaired) electrons. The van der Waals surface area contributed by atoms with Crippen molar-refractivity contribution in [1.82, 2.24) is 4.90 Å². The molecule has 0 saturated heterocycles. The van der Waals surface area contributed by atoms with Crippen LogP contribution >= 0.6 is 0 Å². The third-order valence-electron chi connectivity index (χ3n) is 4.97. The lowest BCUT2D eigenvalue weighted by Gasteiger charge is -2.24. The van der Waals surface area contributed by atoms with Crippen molar-refractivity contribution in [2.45, 2.75) is 103 Å². The standard InChI is InChI=1S/C21H41N3/c1-3-4-5-6-7-8-9-10-11-12-13-14-15-16-17-21-23-18-19-24(21)20(2)22/h3-4,20H,5-19,22H2,1-2H3/b4-3+. The quantitative estimate of drug-likeness (QED) is 0.310. The second-order valence-corrected chi connectivity index (χ2v) is 7.23. The van der Waals surface area contributed by atoms with Gasteiger partial charge in [-0.3, -0.25) is 4.99 Å². The molecule has 1 aliphatic heterocycles. The predicted octanol–water partition coefficient (Wildman–Crippen LogP) is 5.65. The zero-order chi connectivity index (χ0) is 17.5. The molecule has 0 spiro atoms. The summed E-state index contributed by atoms with van der Waals surface area (Å²) < 4.78 is 0. The van der Waals surface area contributed by atoms with Gasteiger partial charge in [-0.05, 0) is 33.1 Å². The highest BCUT2D eigenvalue weighted by atomic mass is 15.3. The van der Waals surface area contributed by atoms with Crippen molar-refractivity contribution < 1.29 is 0 Å².